The summed E-state index contributed by atoms with van der Waals surface area (Å²) >= 11 is 0. The number of nitrogens with zero attached hydrogens (tertiary/aromatic N) is 3. The Morgan fingerprint density at radius 3 is 2.54 bits per heavy atom. The van der Waals surface area contributed by atoms with Crippen LogP contribution in [0.4, 0.5) is 5.69 Å². The average molecular weight is 365 g/mol. The van der Waals surface area contributed by atoms with E-state index in [-0.39, 0.29) is 12.2 Å². The number of non-ortho nitro benzene ring substituents is 1. The molecule has 1 aliphatic heterocycles. The number of hydrogen-bond donors (Lipinski definition) is 1. The van der Waals surface area contributed by atoms with Crippen molar-refractivity contribution in [1.29, 1.82) is 0 Å². The molecule has 8 nitrogen and oxygen atoms in total. The molecule has 1 N–H and O–H groups in total. The topological polar surface area (TPSA) is 96.2 Å². The van der Waals surface area contributed by atoms with Crippen LogP contribution in [0.2, 0.25) is 0 Å². The first-order valence-electron chi connectivity index (χ1n) is 9.05. The second-order valence-electron chi connectivity index (χ2n) is 6.48. The monoisotopic (exact) mass is 365 g/mol. The molecule has 0 spiro atoms. The van der Waals surface area contributed by atoms with Crippen molar-refractivity contribution in [2.24, 2.45) is 0 Å². The van der Waals surface area contributed by atoms with E-state index in [1.54, 1.807) is 12.1 Å². The molecule has 1 heterocycles. The Morgan fingerprint density at radius 1 is 1.35 bits per heavy atom. The summed E-state index contributed by atoms with van der Waals surface area (Å²) in [6.07, 6.45) is 2.86. The average Bonchev–Trinajstić information content (AvgIpc) is 2.64. The molecule has 0 atom stereocenters. The highest BCUT2D eigenvalue weighted by atomic mass is 16.6. The van der Waals surface area contributed by atoms with E-state index in [2.05, 4.69) is 4.90 Å². The van der Waals surface area contributed by atoms with Crippen molar-refractivity contribution in [3.8, 4) is 5.75 Å². The summed E-state index contributed by atoms with van der Waals surface area (Å²) in [5, 5.41) is 19.6. The third kappa shape index (κ3) is 6.27. The molecular weight excluding hydrogens is 338 g/mol. The lowest BCUT2D eigenvalue weighted by atomic mass is 10.0. The number of rotatable bonds is 10. The standard InChI is InChI=1S/C18H27N3O5/c1-2-20(14-18(22)23)15-8-11-19(12-9-15)10-3-13-26-17-6-4-16(5-7-17)21(24)25/h4-7,15H,2-3,8-14H2,1H3,(H,22,23). The number of carboxylic acid groups (broad SMARTS) is 1. The summed E-state index contributed by atoms with van der Waals surface area (Å²) < 4.78 is 5.63. The molecule has 0 aliphatic carbocycles. The minimum Gasteiger partial charge on any atom is -0.494 e. The number of nitro benzene ring substituents is 1. The Hall–Kier alpha value is -2.19. The molecule has 1 aromatic rings. The number of likely N-dealkylation sites (N-methyl/N-ethyl adjacent to an activating group) is 1. The van der Waals surface area contributed by atoms with Gasteiger partial charge in [-0.3, -0.25) is 19.8 Å². The molecule has 0 amide bonds. The zero-order chi connectivity index (χ0) is 18.9. The number of likely N-dealkylation sites (tertiary alicyclic amines) is 1. The lowest BCUT2D eigenvalue weighted by Gasteiger charge is -2.37. The van der Waals surface area contributed by atoms with E-state index in [0.29, 0.717) is 18.4 Å². The summed E-state index contributed by atoms with van der Waals surface area (Å²) in [5.41, 5.74) is 0.0595. The van der Waals surface area contributed by atoms with E-state index < -0.39 is 10.9 Å². The fourth-order valence-corrected chi connectivity index (χ4v) is 3.32. The molecular formula is C18H27N3O5. The molecule has 0 saturated carbocycles. The lowest BCUT2D eigenvalue weighted by molar-refractivity contribution is -0.384. The maximum Gasteiger partial charge on any atom is 0.317 e. The zero-order valence-corrected chi connectivity index (χ0v) is 15.2. The van der Waals surface area contributed by atoms with E-state index in [1.165, 1.54) is 12.1 Å². The highest BCUT2D eigenvalue weighted by molar-refractivity contribution is 5.69. The van der Waals surface area contributed by atoms with Crippen molar-refractivity contribution in [2.45, 2.75) is 32.2 Å². The molecule has 0 bridgehead atoms. The summed E-state index contributed by atoms with van der Waals surface area (Å²) in [5.74, 6) is -0.126. The van der Waals surface area contributed by atoms with Crippen LogP contribution in [0.5, 0.6) is 5.75 Å². The number of aliphatic carboxylic acids is 1. The van der Waals surface area contributed by atoms with Gasteiger partial charge in [0.1, 0.15) is 5.75 Å². The Balaban J connectivity index is 1.64. The predicted octanol–water partition coefficient (Wildman–Crippen LogP) is 2.23. The van der Waals surface area contributed by atoms with Crippen LogP contribution in [0.1, 0.15) is 26.2 Å². The first kappa shape index (κ1) is 20.1. The van der Waals surface area contributed by atoms with Crippen LogP contribution in [-0.2, 0) is 4.79 Å². The second kappa shape index (κ2) is 10.1. The van der Waals surface area contributed by atoms with E-state index in [0.717, 1.165) is 45.4 Å². The van der Waals surface area contributed by atoms with Crippen molar-refractivity contribution >= 4 is 11.7 Å². The number of carboxylic acids is 1. The van der Waals surface area contributed by atoms with E-state index in [1.807, 2.05) is 11.8 Å². The van der Waals surface area contributed by atoms with Gasteiger partial charge in [0.15, 0.2) is 0 Å². The number of ether oxygens (including phenoxy) is 1. The third-order valence-electron chi connectivity index (χ3n) is 4.75. The van der Waals surface area contributed by atoms with Crippen LogP contribution in [0.3, 0.4) is 0 Å². The van der Waals surface area contributed by atoms with Crippen LogP contribution in [0, 0.1) is 10.1 Å². The predicted molar refractivity (Wildman–Crippen MR) is 97.6 cm³/mol. The van der Waals surface area contributed by atoms with Gasteiger partial charge in [0.05, 0.1) is 18.1 Å². The van der Waals surface area contributed by atoms with Crippen molar-refractivity contribution in [3.05, 3.63) is 34.4 Å². The molecule has 0 unspecified atom stereocenters. The van der Waals surface area contributed by atoms with E-state index in [9.17, 15) is 14.9 Å². The number of nitro groups is 1. The smallest absolute Gasteiger partial charge is 0.317 e. The molecule has 0 radical (unpaired) electrons. The van der Waals surface area contributed by atoms with Gasteiger partial charge in [0.25, 0.3) is 5.69 Å². The van der Waals surface area contributed by atoms with E-state index >= 15 is 0 Å². The Morgan fingerprint density at radius 2 is 2.00 bits per heavy atom. The van der Waals surface area contributed by atoms with Gasteiger partial charge in [-0.1, -0.05) is 6.92 Å². The summed E-state index contributed by atoms with van der Waals surface area (Å²) in [6, 6.07) is 6.47. The molecule has 8 heteroatoms. The zero-order valence-electron chi connectivity index (χ0n) is 15.2. The first-order valence-corrected chi connectivity index (χ1v) is 9.05. The van der Waals surface area contributed by atoms with Crippen LogP contribution >= 0.6 is 0 Å². The molecule has 1 saturated heterocycles. The molecule has 2 rings (SSSR count). The van der Waals surface area contributed by atoms with Gasteiger partial charge in [0.2, 0.25) is 0 Å². The van der Waals surface area contributed by atoms with Crippen molar-refractivity contribution in [2.75, 3.05) is 39.3 Å². The summed E-state index contributed by atoms with van der Waals surface area (Å²) in [6.45, 7) is 6.33. The maximum absolute atomic E-state index is 10.9. The first-order chi connectivity index (χ1) is 12.5. The van der Waals surface area contributed by atoms with Gasteiger partial charge in [-0.15, -0.1) is 0 Å². The normalized spacial score (nSPS) is 15.9. The third-order valence-corrected chi connectivity index (χ3v) is 4.75. The number of carbonyl (C=O) groups is 1. The summed E-state index contributed by atoms with van der Waals surface area (Å²) in [7, 11) is 0. The van der Waals surface area contributed by atoms with Crippen LogP contribution < -0.4 is 4.74 Å². The Bertz CT molecular complexity index is 585. The Labute approximate surface area is 153 Å². The molecule has 1 aliphatic rings. The fourth-order valence-electron chi connectivity index (χ4n) is 3.32. The SMILES string of the molecule is CCN(CC(=O)O)C1CCN(CCCOc2ccc([N+](=O)[O-])cc2)CC1. The number of piperidine rings is 1. The van der Waals surface area contributed by atoms with Gasteiger partial charge in [0, 0.05) is 24.7 Å². The van der Waals surface area contributed by atoms with Gasteiger partial charge >= 0.3 is 5.97 Å². The maximum atomic E-state index is 10.9. The van der Waals surface area contributed by atoms with Crippen LogP contribution in [-0.4, -0.2) is 71.2 Å². The largest absolute Gasteiger partial charge is 0.494 e. The minimum atomic E-state index is -0.766. The van der Waals surface area contributed by atoms with Crippen molar-refractivity contribution in [3.63, 3.8) is 0 Å². The van der Waals surface area contributed by atoms with Crippen molar-refractivity contribution in [1.82, 2.24) is 9.80 Å². The number of benzene rings is 1. The summed E-state index contributed by atoms with van der Waals surface area (Å²) in [4.78, 5) is 25.5. The van der Waals surface area contributed by atoms with Crippen molar-refractivity contribution < 1.29 is 19.6 Å². The molecule has 1 aromatic carbocycles. The van der Waals surface area contributed by atoms with Gasteiger partial charge in [-0.05, 0) is 51.0 Å². The van der Waals surface area contributed by atoms with Gasteiger partial charge in [-0.25, -0.2) is 0 Å². The van der Waals surface area contributed by atoms with E-state index in [4.69, 9.17) is 9.84 Å². The van der Waals surface area contributed by atoms with Crippen LogP contribution in [0.25, 0.3) is 0 Å². The van der Waals surface area contributed by atoms with Crippen LogP contribution in [0.15, 0.2) is 24.3 Å². The quantitative estimate of drug-likeness (QED) is 0.386. The molecule has 26 heavy (non-hydrogen) atoms. The number of hydrogen-bond acceptors (Lipinski definition) is 6. The highest BCUT2D eigenvalue weighted by Gasteiger charge is 2.24. The lowest BCUT2D eigenvalue weighted by Crippen LogP contribution is -2.46. The molecule has 144 valence electrons. The molecule has 0 aromatic heterocycles. The highest BCUT2D eigenvalue weighted by Crippen LogP contribution is 2.18. The molecule has 1 fully saturated rings. The second-order valence-corrected chi connectivity index (χ2v) is 6.48. The minimum absolute atomic E-state index is 0.0595. The van der Waals surface area contributed by atoms with Gasteiger partial charge in [-0.2, -0.15) is 0 Å². The Kier molecular flexibility index (Phi) is 7.80. The fraction of sp³-hybridized carbons (Fsp3) is 0.611. The van der Waals surface area contributed by atoms with Gasteiger partial charge < -0.3 is 14.7 Å².